The van der Waals surface area contributed by atoms with Crippen LogP contribution in [0.25, 0.3) is 0 Å². The summed E-state index contributed by atoms with van der Waals surface area (Å²) < 4.78 is 0. The predicted molar refractivity (Wildman–Crippen MR) is 48.4 cm³/mol. The largest absolute Gasteiger partial charge is 0.480 e. The van der Waals surface area contributed by atoms with E-state index in [0.29, 0.717) is 11.8 Å². The van der Waals surface area contributed by atoms with Crippen molar-refractivity contribution in [2.75, 3.05) is 19.7 Å². The molecule has 2 N–H and O–H groups in total. The Morgan fingerprint density at radius 3 is 2.38 bits per heavy atom. The lowest BCUT2D eigenvalue weighted by Crippen LogP contribution is -2.57. The third kappa shape index (κ3) is 2.19. The fourth-order valence-electron chi connectivity index (χ4n) is 1.57. The Kier molecular flexibility index (Phi) is 3.27. The van der Waals surface area contributed by atoms with E-state index < -0.39 is 12.0 Å². The van der Waals surface area contributed by atoms with Crippen LogP contribution >= 0.6 is 0 Å². The van der Waals surface area contributed by atoms with Crippen LogP contribution in [0.5, 0.6) is 0 Å². The number of nitrogens with zero attached hydrogens (tertiary/aromatic N) is 1. The zero-order valence-electron chi connectivity index (χ0n) is 8.10. The normalized spacial score (nSPS) is 21.5. The summed E-state index contributed by atoms with van der Waals surface area (Å²) in [5, 5.41) is 17.6. The Labute approximate surface area is 78.2 Å². The van der Waals surface area contributed by atoms with Crippen LogP contribution in [0.4, 0.5) is 0 Å². The summed E-state index contributed by atoms with van der Waals surface area (Å²) in [6.07, 6.45) is 0. The minimum absolute atomic E-state index is 0.292. The van der Waals surface area contributed by atoms with Gasteiger partial charge in [0.2, 0.25) is 0 Å². The smallest absolute Gasteiger partial charge is 0.323 e. The molecule has 76 valence electrons. The van der Waals surface area contributed by atoms with Gasteiger partial charge in [-0.2, -0.15) is 0 Å². The van der Waals surface area contributed by atoms with Crippen molar-refractivity contribution in [3.8, 4) is 0 Å². The number of carboxylic acid groups (broad SMARTS) is 1. The van der Waals surface area contributed by atoms with Crippen LogP contribution in [0.3, 0.4) is 0 Å². The molecule has 0 spiro atoms. The predicted octanol–water partition coefficient (Wildman–Crippen LogP) is 0.0197. The molecule has 0 radical (unpaired) electrons. The van der Waals surface area contributed by atoms with Gasteiger partial charge >= 0.3 is 5.97 Å². The van der Waals surface area contributed by atoms with E-state index in [4.69, 9.17) is 10.2 Å². The summed E-state index contributed by atoms with van der Waals surface area (Å²) >= 11 is 0. The summed E-state index contributed by atoms with van der Waals surface area (Å²) in [4.78, 5) is 12.5. The van der Waals surface area contributed by atoms with Crippen molar-refractivity contribution in [3.05, 3.63) is 0 Å². The number of carbonyl (C=O) groups is 1. The highest BCUT2D eigenvalue weighted by molar-refractivity contribution is 5.73. The summed E-state index contributed by atoms with van der Waals surface area (Å²) in [6, 6.07) is -0.699. The van der Waals surface area contributed by atoms with Crippen molar-refractivity contribution in [2.45, 2.75) is 19.9 Å². The molecule has 13 heavy (non-hydrogen) atoms. The van der Waals surface area contributed by atoms with Gasteiger partial charge in [-0.05, 0) is 11.8 Å². The molecule has 4 nitrogen and oxygen atoms in total. The van der Waals surface area contributed by atoms with Gasteiger partial charge in [0.15, 0.2) is 0 Å². The summed E-state index contributed by atoms with van der Waals surface area (Å²) in [7, 11) is 0. The maximum atomic E-state index is 10.6. The maximum Gasteiger partial charge on any atom is 0.323 e. The minimum atomic E-state index is -0.926. The molecule has 1 saturated heterocycles. The van der Waals surface area contributed by atoms with Gasteiger partial charge < -0.3 is 10.2 Å². The average Bonchev–Trinajstić information content (AvgIpc) is 1.93. The summed E-state index contributed by atoms with van der Waals surface area (Å²) in [5.41, 5.74) is 0. The second-order valence-electron chi connectivity index (χ2n) is 3.99. The van der Waals surface area contributed by atoms with Crippen molar-refractivity contribution in [3.63, 3.8) is 0 Å². The van der Waals surface area contributed by atoms with Crippen LogP contribution in [0, 0.1) is 11.8 Å². The molecule has 0 aromatic rings. The van der Waals surface area contributed by atoms with E-state index in [0.717, 1.165) is 13.1 Å². The lowest BCUT2D eigenvalue weighted by Gasteiger charge is -2.44. The zero-order chi connectivity index (χ0) is 10.0. The van der Waals surface area contributed by atoms with Gasteiger partial charge in [0.1, 0.15) is 6.04 Å². The second kappa shape index (κ2) is 4.07. The molecule has 1 fully saturated rings. The molecular formula is C9H17NO3. The van der Waals surface area contributed by atoms with E-state index >= 15 is 0 Å². The Hall–Kier alpha value is -0.610. The zero-order valence-corrected chi connectivity index (χ0v) is 8.10. The van der Waals surface area contributed by atoms with Crippen LogP contribution in [0.2, 0.25) is 0 Å². The molecule has 1 aliphatic rings. The molecule has 0 aliphatic carbocycles. The molecule has 0 aromatic carbocycles. The van der Waals surface area contributed by atoms with Gasteiger partial charge in [0, 0.05) is 13.1 Å². The monoisotopic (exact) mass is 187 g/mol. The number of hydrogen-bond acceptors (Lipinski definition) is 3. The van der Waals surface area contributed by atoms with Crippen molar-refractivity contribution in [2.24, 2.45) is 11.8 Å². The Morgan fingerprint density at radius 1 is 1.54 bits per heavy atom. The van der Waals surface area contributed by atoms with Crippen molar-refractivity contribution >= 4 is 5.97 Å². The number of rotatable bonds is 4. The molecule has 0 bridgehead atoms. The number of aliphatic hydroxyl groups is 1. The number of aliphatic carboxylic acids is 1. The fourth-order valence-corrected chi connectivity index (χ4v) is 1.57. The van der Waals surface area contributed by atoms with E-state index in [1.54, 1.807) is 0 Å². The Morgan fingerprint density at radius 2 is 2.08 bits per heavy atom. The van der Waals surface area contributed by atoms with Crippen molar-refractivity contribution < 1.29 is 15.0 Å². The molecule has 0 saturated carbocycles. The highest BCUT2D eigenvalue weighted by atomic mass is 16.4. The van der Waals surface area contributed by atoms with E-state index in [-0.39, 0.29) is 6.61 Å². The Balaban J connectivity index is 2.36. The van der Waals surface area contributed by atoms with Gasteiger partial charge in [0.05, 0.1) is 6.61 Å². The lowest BCUT2D eigenvalue weighted by atomic mass is 9.87. The van der Waals surface area contributed by atoms with E-state index in [9.17, 15) is 4.79 Å². The van der Waals surface area contributed by atoms with E-state index in [2.05, 4.69) is 13.8 Å². The highest BCUT2D eigenvalue weighted by Crippen LogP contribution is 2.25. The van der Waals surface area contributed by atoms with Crippen LogP contribution in [0.15, 0.2) is 0 Å². The van der Waals surface area contributed by atoms with Crippen molar-refractivity contribution in [1.29, 1.82) is 0 Å². The second-order valence-corrected chi connectivity index (χ2v) is 3.99. The molecule has 1 aliphatic heterocycles. The van der Waals surface area contributed by atoms with Gasteiger partial charge in [-0.1, -0.05) is 13.8 Å². The summed E-state index contributed by atoms with van der Waals surface area (Å²) in [5.74, 6) is 0.266. The fraction of sp³-hybridized carbons (Fsp3) is 0.889. The first-order valence-electron chi connectivity index (χ1n) is 4.64. The number of carboxylic acids is 1. The molecular weight excluding hydrogens is 170 g/mol. The first-order valence-corrected chi connectivity index (χ1v) is 4.64. The topological polar surface area (TPSA) is 60.8 Å². The lowest BCUT2D eigenvalue weighted by molar-refractivity contribution is -0.148. The number of likely N-dealkylation sites (tertiary alicyclic amines) is 1. The molecule has 1 unspecified atom stereocenters. The molecule has 0 aromatic heterocycles. The van der Waals surface area contributed by atoms with Crippen LogP contribution in [0.1, 0.15) is 13.8 Å². The van der Waals surface area contributed by atoms with E-state index in [1.807, 2.05) is 4.90 Å². The SMILES string of the molecule is CC(C)C1CN(C(CO)C(=O)O)C1. The third-order valence-electron chi connectivity index (χ3n) is 2.78. The highest BCUT2D eigenvalue weighted by Gasteiger charge is 2.36. The number of hydrogen-bond donors (Lipinski definition) is 2. The summed E-state index contributed by atoms with van der Waals surface area (Å²) in [6.45, 7) is 5.58. The molecule has 4 heteroatoms. The molecule has 1 atom stereocenters. The van der Waals surface area contributed by atoms with Gasteiger partial charge in [-0.3, -0.25) is 9.69 Å². The van der Waals surface area contributed by atoms with Gasteiger partial charge in [0.25, 0.3) is 0 Å². The van der Waals surface area contributed by atoms with Crippen LogP contribution < -0.4 is 0 Å². The minimum Gasteiger partial charge on any atom is -0.480 e. The van der Waals surface area contributed by atoms with Gasteiger partial charge in [-0.25, -0.2) is 0 Å². The molecule has 1 heterocycles. The van der Waals surface area contributed by atoms with Crippen LogP contribution in [-0.2, 0) is 4.79 Å². The standard InChI is InChI=1S/C9H17NO3/c1-6(2)7-3-10(4-7)8(5-11)9(12)13/h6-8,11H,3-5H2,1-2H3,(H,12,13). The van der Waals surface area contributed by atoms with Crippen LogP contribution in [-0.4, -0.2) is 46.8 Å². The number of aliphatic hydroxyl groups excluding tert-OH is 1. The van der Waals surface area contributed by atoms with E-state index in [1.165, 1.54) is 0 Å². The first-order chi connectivity index (χ1) is 6.06. The molecule has 1 rings (SSSR count). The average molecular weight is 187 g/mol. The van der Waals surface area contributed by atoms with Crippen molar-refractivity contribution in [1.82, 2.24) is 4.90 Å². The third-order valence-corrected chi connectivity index (χ3v) is 2.78. The Bertz CT molecular complexity index is 187. The maximum absolute atomic E-state index is 10.6. The molecule has 0 amide bonds. The quantitative estimate of drug-likeness (QED) is 0.651. The van der Waals surface area contributed by atoms with Gasteiger partial charge in [-0.15, -0.1) is 0 Å². The first kappa shape index (κ1) is 10.5.